The average Bonchev–Trinajstić information content (AvgIpc) is 2.77. The van der Waals surface area contributed by atoms with Crippen LogP contribution in [0.1, 0.15) is 5.56 Å². The van der Waals surface area contributed by atoms with Crippen LogP contribution in [0.3, 0.4) is 0 Å². The van der Waals surface area contributed by atoms with Gasteiger partial charge >= 0.3 is 0 Å². The molecule has 0 fully saturated rings. The minimum absolute atomic E-state index is 0.0454. The number of para-hydroxylation sites is 1. The monoisotopic (exact) mass is 492 g/mol. The predicted molar refractivity (Wildman–Crippen MR) is 127 cm³/mol. The normalized spacial score (nSPS) is 11.1. The maximum atomic E-state index is 13.3. The van der Waals surface area contributed by atoms with Crippen LogP contribution in [0.5, 0.6) is 5.75 Å². The first-order chi connectivity index (χ1) is 15.3. The number of aryl methyl sites for hydroxylation is 1. The van der Waals surface area contributed by atoms with Crippen LogP contribution < -0.4 is 14.4 Å². The number of amides is 1. The van der Waals surface area contributed by atoms with E-state index < -0.39 is 15.9 Å². The van der Waals surface area contributed by atoms with E-state index in [4.69, 9.17) is 27.9 Å². The predicted octanol–water partition coefficient (Wildman–Crippen LogP) is 4.69. The van der Waals surface area contributed by atoms with Crippen LogP contribution in [0.4, 0.5) is 5.69 Å². The molecular weight excluding hydrogens is 471 g/mol. The zero-order valence-electron chi connectivity index (χ0n) is 17.3. The van der Waals surface area contributed by atoms with E-state index in [1.54, 1.807) is 55.5 Å². The summed E-state index contributed by atoms with van der Waals surface area (Å²) in [7, 11) is -4.00. The lowest BCUT2D eigenvalue weighted by molar-refractivity contribution is -0.119. The molecule has 3 aromatic carbocycles. The van der Waals surface area contributed by atoms with Gasteiger partial charge in [0, 0.05) is 10.0 Å². The summed E-state index contributed by atoms with van der Waals surface area (Å²) in [6.45, 7) is 1.85. The van der Waals surface area contributed by atoms with Gasteiger partial charge in [-0.2, -0.15) is 0 Å². The van der Waals surface area contributed by atoms with Crippen molar-refractivity contribution in [3.63, 3.8) is 0 Å². The lowest BCUT2D eigenvalue weighted by Crippen LogP contribution is -2.42. The number of halogens is 2. The number of carbonyl (C=O) groups is 1. The molecule has 0 spiro atoms. The van der Waals surface area contributed by atoms with Gasteiger partial charge in [0.15, 0.2) is 0 Å². The van der Waals surface area contributed by atoms with Crippen LogP contribution in [-0.4, -0.2) is 34.0 Å². The largest absolute Gasteiger partial charge is 0.492 e. The van der Waals surface area contributed by atoms with Crippen LogP contribution in [0.15, 0.2) is 77.7 Å². The van der Waals surface area contributed by atoms with Crippen molar-refractivity contribution in [1.82, 2.24) is 5.32 Å². The van der Waals surface area contributed by atoms with Gasteiger partial charge < -0.3 is 10.1 Å². The molecule has 0 radical (unpaired) electrons. The molecule has 32 heavy (non-hydrogen) atoms. The zero-order valence-corrected chi connectivity index (χ0v) is 19.6. The molecule has 0 aliphatic heterocycles. The van der Waals surface area contributed by atoms with Gasteiger partial charge in [0.1, 0.15) is 18.9 Å². The Balaban J connectivity index is 1.71. The van der Waals surface area contributed by atoms with Crippen molar-refractivity contribution in [1.29, 1.82) is 0 Å². The first-order valence-corrected chi connectivity index (χ1v) is 12.0. The molecule has 0 unspecified atom stereocenters. The number of nitrogens with zero attached hydrogens (tertiary/aromatic N) is 1. The lowest BCUT2D eigenvalue weighted by Gasteiger charge is -2.25. The quantitative estimate of drug-likeness (QED) is 0.439. The van der Waals surface area contributed by atoms with E-state index in [0.717, 1.165) is 9.87 Å². The molecule has 0 bridgehead atoms. The lowest BCUT2D eigenvalue weighted by atomic mass is 10.2. The van der Waals surface area contributed by atoms with E-state index in [2.05, 4.69) is 5.32 Å². The number of carbonyl (C=O) groups excluding carboxylic acids is 1. The van der Waals surface area contributed by atoms with Gasteiger partial charge in [-0.3, -0.25) is 9.10 Å². The highest BCUT2D eigenvalue weighted by Gasteiger charge is 2.28. The topological polar surface area (TPSA) is 75.7 Å². The number of anilines is 1. The van der Waals surface area contributed by atoms with Crippen LogP contribution in [0.25, 0.3) is 0 Å². The van der Waals surface area contributed by atoms with Crippen LogP contribution in [0.2, 0.25) is 10.0 Å². The molecule has 0 saturated heterocycles. The number of sulfonamides is 1. The Labute approximate surface area is 197 Å². The summed E-state index contributed by atoms with van der Waals surface area (Å²) in [5.41, 5.74) is 1.15. The highest BCUT2D eigenvalue weighted by Crippen LogP contribution is 2.27. The van der Waals surface area contributed by atoms with Gasteiger partial charge in [-0.15, -0.1) is 0 Å². The average molecular weight is 493 g/mol. The molecule has 3 aromatic rings. The number of rotatable bonds is 9. The molecule has 6 nitrogen and oxygen atoms in total. The Morgan fingerprint density at radius 3 is 2.16 bits per heavy atom. The van der Waals surface area contributed by atoms with E-state index in [1.165, 1.54) is 24.3 Å². The second-order valence-electron chi connectivity index (χ2n) is 6.90. The number of nitrogens with one attached hydrogen (secondary N) is 1. The molecule has 0 atom stereocenters. The minimum atomic E-state index is -4.00. The summed E-state index contributed by atoms with van der Waals surface area (Å²) in [6.07, 6.45) is 0. The number of ether oxygens (including phenoxy) is 1. The molecule has 9 heteroatoms. The zero-order chi connectivity index (χ0) is 23.1. The second kappa shape index (κ2) is 10.7. The maximum Gasteiger partial charge on any atom is 0.264 e. The maximum absolute atomic E-state index is 13.3. The van der Waals surface area contributed by atoms with Crippen LogP contribution in [0, 0.1) is 6.92 Å². The summed E-state index contributed by atoms with van der Waals surface area (Å²) >= 11 is 11.7. The Morgan fingerprint density at radius 1 is 0.938 bits per heavy atom. The van der Waals surface area contributed by atoms with Crippen LogP contribution in [-0.2, 0) is 14.8 Å². The fourth-order valence-electron chi connectivity index (χ4n) is 2.95. The molecule has 1 N–H and O–H groups in total. The number of hydrogen-bond acceptors (Lipinski definition) is 4. The fraction of sp³-hybridized carbons (Fsp3) is 0.174. The summed E-state index contributed by atoms with van der Waals surface area (Å²) in [5.74, 6) is 0.168. The summed E-state index contributed by atoms with van der Waals surface area (Å²) < 4.78 is 33.3. The van der Waals surface area contributed by atoms with Gasteiger partial charge in [0.25, 0.3) is 10.0 Å². The van der Waals surface area contributed by atoms with Crippen molar-refractivity contribution in [3.8, 4) is 5.75 Å². The molecule has 0 heterocycles. The van der Waals surface area contributed by atoms with Crippen molar-refractivity contribution >= 4 is 44.8 Å². The van der Waals surface area contributed by atoms with Gasteiger partial charge in [-0.25, -0.2) is 8.42 Å². The van der Waals surface area contributed by atoms with Crippen molar-refractivity contribution in [3.05, 3.63) is 88.4 Å². The Morgan fingerprint density at radius 2 is 1.53 bits per heavy atom. The van der Waals surface area contributed by atoms with E-state index in [1.807, 2.05) is 0 Å². The second-order valence-corrected chi connectivity index (χ2v) is 9.64. The highest BCUT2D eigenvalue weighted by molar-refractivity contribution is 7.92. The molecule has 0 aromatic heterocycles. The van der Waals surface area contributed by atoms with E-state index in [-0.39, 0.29) is 24.6 Å². The third kappa shape index (κ3) is 6.16. The SMILES string of the molecule is Cc1ccccc1N(CC(=O)NCCOc1ccc(Cl)cc1)S(=O)(=O)c1ccc(Cl)cc1. The van der Waals surface area contributed by atoms with Crippen molar-refractivity contribution in [2.45, 2.75) is 11.8 Å². The first kappa shape index (κ1) is 23.9. The molecule has 0 aliphatic carbocycles. The van der Waals surface area contributed by atoms with Crippen molar-refractivity contribution in [2.75, 3.05) is 24.0 Å². The third-order valence-corrected chi connectivity index (χ3v) is 6.86. The Bertz CT molecular complexity index is 1170. The molecule has 3 rings (SSSR count). The number of benzene rings is 3. The van der Waals surface area contributed by atoms with Gasteiger partial charge in [0.05, 0.1) is 17.1 Å². The van der Waals surface area contributed by atoms with Gasteiger partial charge in [0.2, 0.25) is 5.91 Å². The first-order valence-electron chi connectivity index (χ1n) is 9.76. The fourth-order valence-corrected chi connectivity index (χ4v) is 4.69. The van der Waals surface area contributed by atoms with Crippen molar-refractivity contribution in [2.24, 2.45) is 0 Å². The molecule has 0 aliphatic rings. The number of hydrogen-bond donors (Lipinski definition) is 1. The van der Waals surface area contributed by atoms with Gasteiger partial charge in [-0.1, -0.05) is 41.4 Å². The van der Waals surface area contributed by atoms with Gasteiger partial charge in [-0.05, 0) is 67.1 Å². The standard InChI is InChI=1S/C23H22Cl2N2O4S/c1-17-4-2-3-5-22(17)27(32(29,30)21-12-8-19(25)9-13-21)16-23(28)26-14-15-31-20-10-6-18(24)7-11-20/h2-13H,14-16H2,1H3,(H,26,28). The van der Waals surface area contributed by atoms with Crippen LogP contribution >= 0.6 is 23.2 Å². The Kier molecular flexibility index (Phi) is 8.01. The molecular formula is C23H22Cl2N2O4S. The minimum Gasteiger partial charge on any atom is -0.492 e. The molecule has 1 amide bonds. The van der Waals surface area contributed by atoms with Crippen molar-refractivity contribution < 1.29 is 17.9 Å². The van der Waals surface area contributed by atoms with E-state index in [0.29, 0.717) is 21.5 Å². The summed E-state index contributed by atoms with van der Waals surface area (Å²) in [6, 6.07) is 19.7. The summed E-state index contributed by atoms with van der Waals surface area (Å²) in [5, 5.41) is 3.72. The molecule has 168 valence electrons. The molecule has 0 saturated carbocycles. The Hall–Kier alpha value is -2.74. The van der Waals surface area contributed by atoms with E-state index in [9.17, 15) is 13.2 Å². The smallest absolute Gasteiger partial charge is 0.264 e. The third-order valence-electron chi connectivity index (χ3n) is 4.58. The van der Waals surface area contributed by atoms with E-state index >= 15 is 0 Å². The summed E-state index contributed by atoms with van der Waals surface area (Å²) in [4.78, 5) is 12.7. The highest BCUT2D eigenvalue weighted by atomic mass is 35.5.